The molecule has 3 rings (SSSR count). The van der Waals surface area contributed by atoms with Crippen molar-refractivity contribution in [2.24, 2.45) is 11.3 Å². The Hall–Kier alpha value is -1.85. The van der Waals surface area contributed by atoms with Gasteiger partial charge in [0.2, 0.25) is 0 Å². The summed E-state index contributed by atoms with van der Waals surface area (Å²) in [6.07, 6.45) is 2.79. The molecule has 1 heterocycles. The number of esters is 1. The summed E-state index contributed by atoms with van der Waals surface area (Å²) in [6, 6.07) is 6.70. The average molecular weight is 420 g/mol. The maximum atomic E-state index is 12.7. The van der Waals surface area contributed by atoms with E-state index >= 15 is 0 Å². The van der Waals surface area contributed by atoms with E-state index in [-0.39, 0.29) is 17.3 Å². The second-order valence-corrected chi connectivity index (χ2v) is 9.74. The van der Waals surface area contributed by atoms with Gasteiger partial charge in [-0.05, 0) is 67.3 Å². The Labute approximate surface area is 175 Å². The number of fused-ring (bicyclic) bond motifs is 1. The number of amides is 1. The van der Waals surface area contributed by atoms with Crippen LogP contribution in [0.3, 0.4) is 0 Å². The lowest BCUT2D eigenvalue weighted by Gasteiger charge is -2.33. The molecule has 150 valence electrons. The van der Waals surface area contributed by atoms with Crippen molar-refractivity contribution >= 4 is 39.8 Å². The molecular formula is C22H26ClNO3S. The van der Waals surface area contributed by atoms with E-state index in [4.69, 9.17) is 16.3 Å². The van der Waals surface area contributed by atoms with Crippen LogP contribution < -0.4 is 5.32 Å². The van der Waals surface area contributed by atoms with Crippen molar-refractivity contribution in [3.8, 4) is 0 Å². The summed E-state index contributed by atoms with van der Waals surface area (Å²) in [5, 5.41) is 4.09. The first-order chi connectivity index (χ1) is 13.2. The number of thiophene rings is 1. The third kappa shape index (κ3) is 4.41. The van der Waals surface area contributed by atoms with Crippen LogP contribution in [0, 0.1) is 11.3 Å². The zero-order chi connectivity index (χ0) is 20.5. The number of rotatable bonds is 4. The van der Waals surface area contributed by atoms with E-state index in [2.05, 4.69) is 26.1 Å². The number of carbonyl (C=O) groups is 2. The highest BCUT2D eigenvalue weighted by atomic mass is 35.5. The van der Waals surface area contributed by atoms with Crippen molar-refractivity contribution in [3.63, 3.8) is 0 Å². The number of anilines is 1. The Morgan fingerprint density at radius 3 is 2.54 bits per heavy atom. The Bertz CT molecular complexity index is 880. The molecule has 4 nitrogen and oxygen atoms in total. The fourth-order valence-corrected chi connectivity index (χ4v) is 5.05. The third-order valence-corrected chi connectivity index (χ3v) is 6.72. The average Bonchev–Trinajstić information content (AvgIpc) is 2.98. The minimum absolute atomic E-state index is 0.207. The van der Waals surface area contributed by atoms with Gasteiger partial charge in [-0.3, -0.25) is 4.79 Å². The van der Waals surface area contributed by atoms with Crippen LogP contribution in [0.2, 0.25) is 5.02 Å². The summed E-state index contributed by atoms with van der Waals surface area (Å²) < 4.78 is 5.29. The molecule has 1 aromatic heterocycles. The minimum Gasteiger partial charge on any atom is -0.462 e. The summed E-state index contributed by atoms with van der Waals surface area (Å²) >= 11 is 7.41. The summed E-state index contributed by atoms with van der Waals surface area (Å²) in [7, 11) is 0. The Kier molecular flexibility index (Phi) is 6.15. The van der Waals surface area contributed by atoms with Crippen LogP contribution in [0.15, 0.2) is 24.3 Å². The molecule has 1 aliphatic carbocycles. The first-order valence-electron chi connectivity index (χ1n) is 9.59. The van der Waals surface area contributed by atoms with E-state index in [1.807, 2.05) is 0 Å². The second-order valence-electron chi connectivity index (χ2n) is 8.20. The highest BCUT2D eigenvalue weighted by molar-refractivity contribution is 7.17. The lowest BCUT2D eigenvalue weighted by atomic mass is 9.72. The Morgan fingerprint density at radius 1 is 1.25 bits per heavy atom. The fraction of sp³-hybridized carbons (Fsp3) is 0.455. The van der Waals surface area contributed by atoms with Crippen LogP contribution in [-0.4, -0.2) is 18.5 Å². The molecule has 0 spiro atoms. The lowest BCUT2D eigenvalue weighted by molar-refractivity contribution is 0.0526. The molecule has 1 aromatic carbocycles. The van der Waals surface area contributed by atoms with Gasteiger partial charge in [0.05, 0.1) is 12.2 Å². The molecule has 1 amide bonds. The van der Waals surface area contributed by atoms with E-state index in [1.54, 1.807) is 31.2 Å². The molecule has 0 radical (unpaired) electrons. The monoisotopic (exact) mass is 419 g/mol. The summed E-state index contributed by atoms with van der Waals surface area (Å²) in [5.74, 6) is -0.0673. The SMILES string of the molecule is CCOC(=O)c1c(NC(=O)c2ccc(Cl)cc2)sc2c1CCC(C(C)(C)C)C2. The van der Waals surface area contributed by atoms with Crippen molar-refractivity contribution in [3.05, 3.63) is 50.9 Å². The Morgan fingerprint density at radius 2 is 1.93 bits per heavy atom. The molecule has 0 saturated carbocycles. The number of benzene rings is 1. The maximum absolute atomic E-state index is 12.7. The molecular weight excluding hydrogens is 394 g/mol. The molecule has 6 heteroatoms. The lowest BCUT2D eigenvalue weighted by Crippen LogP contribution is -2.26. The minimum atomic E-state index is -0.361. The highest BCUT2D eigenvalue weighted by Crippen LogP contribution is 2.44. The predicted octanol–water partition coefficient (Wildman–Crippen LogP) is 5.98. The summed E-state index contributed by atoms with van der Waals surface area (Å²) in [5.41, 5.74) is 2.27. The molecule has 2 aromatic rings. The van der Waals surface area contributed by atoms with E-state index in [1.165, 1.54) is 16.2 Å². The van der Waals surface area contributed by atoms with Gasteiger partial charge < -0.3 is 10.1 Å². The van der Waals surface area contributed by atoms with Gasteiger partial charge in [-0.25, -0.2) is 4.79 Å². The predicted molar refractivity (Wildman–Crippen MR) is 115 cm³/mol. The molecule has 0 aliphatic heterocycles. The maximum Gasteiger partial charge on any atom is 0.341 e. The first-order valence-corrected chi connectivity index (χ1v) is 10.8. The molecule has 1 unspecified atom stereocenters. The van der Waals surface area contributed by atoms with Gasteiger partial charge >= 0.3 is 5.97 Å². The summed E-state index contributed by atoms with van der Waals surface area (Å²) in [6.45, 7) is 8.86. The number of hydrogen-bond acceptors (Lipinski definition) is 4. The van der Waals surface area contributed by atoms with E-state index in [0.717, 1.165) is 24.8 Å². The number of halogens is 1. The fourth-order valence-electron chi connectivity index (χ4n) is 3.61. The van der Waals surface area contributed by atoms with Crippen LogP contribution in [-0.2, 0) is 17.6 Å². The number of carbonyl (C=O) groups excluding carboxylic acids is 2. The number of ether oxygens (including phenoxy) is 1. The van der Waals surface area contributed by atoms with Crippen molar-refractivity contribution < 1.29 is 14.3 Å². The first kappa shape index (κ1) is 20.9. The van der Waals surface area contributed by atoms with Crippen LogP contribution in [0.4, 0.5) is 5.00 Å². The topological polar surface area (TPSA) is 55.4 Å². The van der Waals surface area contributed by atoms with Gasteiger partial charge in [-0.15, -0.1) is 11.3 Å². The molecule has 1 N–H and O–H groups in total. The van der Waals surface area contributed by atoms with Gasteiger partial charge in [0, 0.05) is 15.5 Å². The number of nitrogens with one attached hydrogen (secondary N) is 1. The standard InChI is InChI=1S/C22H26ClNO3S/c1-5-27-21(26)18-16-11-8-14(22(2,3)4)12-17(16)28-20(18)24-19(25)13-6-9-15(23)10-7-13/h6-7,9-10,14H,5,8,11-12H2,1-4H3,(H,24,25). The molecule has 1 atom stereocenters. The highest BCUT2D eigenvalue weighted by Gasteiger charge is 2.34. The van der Waals surface area contributed by atoms with Crippen LogP contribution in [0.25, 0.3) is 0 Å². The van der Waals surface area contributed by atoms with Crippen molar-refractivity contribution in [2.45, 2.75) is 47.0 Å². The zero-order valence-corrected chi connectivity index (χ0v) is 18.3. The van der Waals surface area contributed by atoms with Gasteiger partial charge in [0.15, 0.2) is 0 Å². The van der Waals surface area contributed by atoms with Crippen LogP contribution >= 0.6 is 22.9 Å². The van der Waals surface area contributed by atoms with Crippen LogP contribution in [0.1, 0.15) is 65.3 Å². The van der Waals surface area contributed by atoms with Crippen molar-refractivity contribution in [1.29, 1.82) is 0 Å². The van der Waals surface area contributed by atoms with Gasteiger partial charge in [0.1, 0.15) is 5.00 Å². The second kappa shape index (κ2) is 8.26. The molecule has 0 saturated heterocycles. The van der Waals surface area contributed by atoms with Crippen molar-refractivity contribution in [2.75, 3.05) is 11.9 Å². The zero-order valence-electron chi connectivity index (χ0n) is 16.7. The number of hydrogen-bond donors (Lipinski definition) is 1. The largest absolute Gasteiger partial charge is 0.462 e. The Balaban J connectivity index is 1.93. The summed E-state index contributed by atoms with van der Waals surface area (Å²) in [4.78, 5) is 26.5. The quantitative estimate of drug-likeness (QED) is 0.620. The molecule has 0 bridgehead atoms. The molecule has 28 heavy (non-hydrogen) atoms. The van der Waals surface area contributed by atoms with Gasteiger partial charge in [-0.1, -0.05) is 32.4 Å². The van der Waals surface area contributed by atoms with E-state index in [0.29, 0.717) is 33.7 Å². The normalized spacial score (nSPS) is 16.4. The van der Waals surface area contributed by atoms with E-state index in [9.17, 15) is 9.59 Å². The molecule has 1 aliphatic rings. The van der Waals surface area contributed by atoms with E-state index < -0.39 is 0 Å². The third-order valence-electron chi connectivity index (χ3n) is 5.30. The molecule has 0 fully saturated rings. The van der Waals surface area contributed by atoms with Crippen LogP contribution in [0.5, 0.6) is 0 Å². The van der Waals surface area contributed by atoms with Gasteiger partial charge in [-0.2, -0.15) is 0 Å². The van der Waals surface area contributed by atoms with Gasteiger partial charge in [0.25, 0.3) is 5.91 Å². The van der Waals surface area contributed by atoms with Crippen molar-refractivity contribution in [1.82, 2.24) is 0 Å². The smallest absolute Gasteiger partial charge is 0.341 e.